The second-order valence-electron chi connectivity index (χ2n) is 3.79. The van der Waals surface area contributed by atoms with E-state index in [4.69, 9.17) is 9.84 Å². The van der Waals surface area contributed by atoms with Crippen LogP contribution in [0.25, 0.3) is 0 Å². The minimum atomic E-state index is -1.33. The van der Waals surface area contributed by atoms with E-state index in [9.17, 15) is 19.8 Å². The zero-order valence-corrected chi connectivity index (χ0v) is 8.66. The molecule has 1 aliphatic heterocycles. The number of aromatic amines is 2. The van der Waals surface area contributed by atoms with Crippen molar-refractivity contribution in [3.8, 4) is 0 Å². The molecule has 5 N–H and O–H groups in total. The molecule has 0 aromatic carbocycles. The number of aliphatic hydroxyl groups is 3. The Morgan fingerprint density at radius 1 is 1.29 bits per heavy atom. The van der Waals surface area contributed by atoms with Gasteiger partial charge in [0.1, 0.15) is 24.4 Å². The second-order valence-corrected chi connectivity index (χ2v) is 3.79. The van der Waals surface area contributed by atoms with Crippen LogP contribution in [0.15, 0.2) is 15.8 Å². The van der Waals surface area contributed by atoms with Gasteiger partial charge < -0.3 is 25.0 Å². The number of nitrogens with one attached hydrogen (secondary N) is 2. The summed E-state index contributed by atoms with van der Waals surface area (Å²) in [5, 5.41) is 28.1. The molecule has 0 radical (unpaired) electrons. The van der Waals surface area contributed by atoms with Crippen LogP contribution >= 0.6 is 0 Å². The van der Waals surface area contributed by atoms with E-state index in [-0.39, 0.29) is 5.56 Å². The fourth-order valence-corrected chi connectivity index (χ4v) is 1.79. The van der Waals surface area contributed by atoms with E-state index in [1.807, 2.05) is 4.98 Å². The smallest absolute Gasteiger partial charge is 0.325 e. The Kier molecular flexibility index (Phi) is 3.11. The van der Waals surface area contributed by atoms with E-state index in [1.54, 1.807) is 0 Å². The van der Waals surface area contributed by atoms with Crippen LogP contribution in [0.2, 0.25) is 0 Å². The normalized spacial score (nSPS) is 32.9. The summed E-state index contributed by atoms with van der Waals surface area (Å²) in [6.07, 6.45) is -3.54. The van der Waals surface area contributed by atoms with Crippen molar-refractivity contribution in [3.05, 3.63) is 32.6 Å². The van der Waals surface area contributed by atoms with Crippen molar-refractivity contribution in [2.45, 2.75) is 24.4 Å². The molecular formula is C9H12N2O6. The van der Waals surface area contributed by atoms with Crippen molar-refractivity contribution in [3.63, 3.8) is 0 Å². The monoisotopic (exact) mass is 244 g/mol. The molecule has 94 valence electrons. The summed E-state index contributed by atoms with van der Waals surface area (Å²) in [6.45, 7) is -0.476. The maximum absolute atomic E-state index is 11.5. The Morgan fingerprint density at radius 2 is 2.00 bits per heavy atom. The zero-order valence-electron chi connectivity index (χ0n) is 8.66. The fraction of sp³-hybridized carbons (Fsp3) is 0.556. The molecule has 1 aromatic rings. The number of rotatable bonds is 2. The van der Waals surface area contributed by atoms with Crippen molar-refractivity contribution >= 4 is 0 Å². The van der Waals surface area contributed by atoms with E-state index in [0.717, 1.165) is 6.20 Å². The van der Waals surface area contributed by atoms with Gasteiger partial charge in [0.25, 0.3) is 5.56 Å². The third-order valence-corrected chi connectivity index (χ3v) is 2.70. The second kappa shape index (κ2) is 4.41. The molecule has 8 nitrogen and oxygen atoms in total. The molecule has 17 heavy (non-hydrogen) atoms. The minimum Gasteiger partial charge on any atom is -0.394 e. The zero-order chi connectivity index (χ0) is 12.6. The van der Waals surface area contributed by atoms with Crippen LogP contribution in [-0.2, 0) is 4.74 Å². The van der Waals surface area contributed by atoms with Gasteiger partial charge in [0.2, 0.25) is 0 Å². The van der Waals surface area contributed by atoms with E-state index < -0.39 is 42.3 Å². The van der Waals surface area contributed by atoms with Crippen LogP contribution < -0.4 is 11.2 Å². The van der Waals surface area contributed by atoms with Crippen LogP contribution in [0.5, 0.6) is 0 Å². The summed E-state index contributed by atoms with van der Waals surface area (Å²) in [7, 11) is 0. The molecule has 1 aliphatic rings. The summed E-state index contributed by atoms with van der Waals surface area (Å²) in [6, 6.07) is 0. The summed E-state index contributed by atoms with van der Waals surface area (Å²) >= 11 is 0. The van der Waals surface area contributed by atoms with Gasteiger partial charge in [-0.1, -0.05) is 0 Å². The quantitative estimate of drug-likeness (QED) is 0.382. The largest absolute Gasteiger partial charge is 0.394 e. The first-order valence-electron chi connectivity index (χ1n) is 4.99. The lowest BCUT2D eigenvalue weighted by Crippen LogP contribution is -2.34. The highest BCUT2D eigenvalue weighted by Crippen LogP contribution is 2.31. The molecule has 0 aliphatic carbocycles. The molecule has 1 saturated heterocycles. The van der Waals surface area contributed by atoms with Gasteiger partial charge in [-0.25, -0.2) is 4.79 Å². The molecule has 0 amide bonds. The Morgan fingerprint density at radius 3 is 2.53 bits per heavy atom. The molecule has 2 heterocycles. The lowest BCUT2D eigenvalue weighted by Gasteiger charge is -2.13. The van der Waals surface area contributed by atoms with Gasteiger partial charge >= 0.3 is 5.69 Å². The average molecular weight is 244 g/mol. The van der Waals surface area contributed by atoms with Gasteiger partial charge in [0.05, 0.1) is 12.2 Å². The fourth-order valence-electron chi connectivity index (χ4n) is 1.79. The summed E-state index contributed by atoms with van der Waals surface area (Å²) in [4.78, 5) is 26.5. The van der Waals surface area contributed by atoms with Gasteiger partial charge in [0, 0.05) is 6.20 Å². The Balaban J connectivity index is 2.35. The average Bonchev–Trinajstić information content (AvgIpc) is 2.57. The molecule has 4 atom stereocenters. The molecule has 8 heteroatoms. The van der Waals surface area contributed by atoms with Crippen molar-refractivity contribution in [1.82, 2.24) is 9.97 Å². The first-order valence-corrected chi connectivity index (χ1v) is 4.99. The molecule has 2 rings (SSSR count). The third kappa shape index (κ3) is 2.03. The molecule has 0 saturated carbocycles. The Labute approximate surface area is 94.5 Å². The van der Waals surface area contributed by atoms with Crippen LogP contribution in [0.3, 0.4) is 0 Å². The number of H-pyrrole nitrogens is 2. The van der Waals surface area contributed by atoms with Gasteiger partial charge in [-0.3, -0.25) is 9.78 Å². The molecule has 0 unspecified atom stereocenters. The van der Waals surface area contributed by atoms with E-state index >= 15 is 0 Å². The third-order valence-electron chi connectivity index (χ3n) is 2.70. The first kappa shape index (κ1) is 12.0. The molecular weight excluding hydrogens is 232 g/mol. The predicted octanol–water partition coefficient (Wildman–Crippen LogP) is -2.78. The Hall–Kier alpha value is -1.48. The van der Waals surface area contributed by atoms with Crippen molar-refractivity contribution in [1.29, 1.82) is 0 Å². The molecule has 0 spiro atoms. The van der Waals surface area contributed by atoms with Crippen LogP contribution in [0.1, 0.15) is 11.7 Å². The van der Waals surface area contributed by atoms with Crippen molar-refractivity contribution < 1.29 is 20.1 Å². The number of aromatic nitrogens is 2. The lowest BCUT2D eigenvalue weighted by molar-refractivity contribution is -0.0232. The number of hydrogen-bond acceptors (Lipinski definition) is 6. The highest BCUT2D eigenvalue weighted by Gasteiger charge is 2.44. The predicted molar refractivity (Wildman–Crippen MR) is 54.4 cm³/mol. The van der Waals surface area contributed by atoms with E-state index in [1.165, 1.54) is 0 Å². The van der Waals surface area contributed by atoms with Crippen LogP contribution in [0.4, 0.5) is 0 Å². The topological polar surface area (TPSA) is 136 Å². The molecule has 0 bridgehead atoms. The van der Waals surface area contributed by atoms with Crippen LogP contribution in [0, 0.1) is 0 Å². The number of aliphatic hydroxyl groups excluding tert-OH is 3. The highest BCUT2D eigenvalue weighted by atomic mass is 16.6. The Bertz CT molecular complexity index is 509. The maximum Gasteiger partial charge on any atom is 0.325 e. The van der Waals surface area contributed by atoms with E-state index in [2.05, 4.69) is 4.98 Å². The standard InChI is InChI=1S/C9H12N2O6/c12-2-4-5(13)6(14)7(17-4)3-1-10-9(16)11-8(3)15/h1,4-7,12-14H,2H2,(H2,10,11,15,16)/t4-,5-,6+,7+/m1/s1. The van der Waals surface area contributed by atoms with Gasteiger partial charge in [-0.2, -0.15) is 0 Å². The first-order chi connectivity index (χ1) is 8.04. The molecule has 1 aromatic heterocycles. The summed E-state index contributed by atoms with van der Waals surface area (Å²) in [5.41, 5.74) is -1.39. The van der Waals surface area contributed by atoms with Gasteiger partial charge in [0.15, 0.2) is 0 Å². The van der Waals surface area contributed by atoms with Gasteiger partial charge in [-0.15, -0.1) is 0 Å². The summed E-state index contributed by atoms with van der Waals surface area (Å²) < 4.78 is 5.15. The SMILES string of the molecule is O=c1[nH]cc([C@@H]2O[C@H](CO)[C@@H](O)[C@@H]2O)c(=O)[nH]1. The lowest BCUT2D eigenvalue weighted by atomic mass is 10.0. The maximum atomic E-state index is 11.5. The number of ether oxygens (including phenoxy) is 1. The van der Waals surface area contributed by atoms with E-state index in [0.29, 0.717) is 0 Å². The van der Waals surface area contributed by atoms with Gasteiger partial charge in [-0.05, 0) is 0 Å². The minimum absolute atomic E-state index is 0.00731. The van der Waals surface area contributed by atoms with Crippen molar-refractivity contribution in [2.24, 2.45) is 0 Å². The van der Waals surface area contributed by atoms with Crippen LogP contribution in [-0.4, -0.2) is 50.2 Å². The highest BCUT2D eigenvalue weighted by molar-refractivity contribution is 5.13. The van der Waals surface area contributed by atoms with Crippen molar-refractivity contribution in [2.75, 3.05) is 6.61 Å². The summed E-state index contributed by atoms with van der Waals surface area (Å²) in [5.74, 6) is 0. The molecule has 1 fully saturated rings. The number of hydrogen-bond donors (Lipinski definition) is 5.